The number of carbonyl (C=O) groups is 5. The summed E-state index contributed by atoms with van der Waals surface area (Å²) in [6.45, 7) is 3.93. The molecule has 0 aliphatic carbocycles. The van der Waals surface area contributed by atoms with Gasteiger partial charge in [0.15, 0.2) is 5.96 Å². The summed E-state index contributed by atoms with van der Waals surface area (Å²) in [7, 11) is 1.52. The summed E-state index contributed by atoms with van der Waals surface area (Å²) in [5.41, 5.74) is 18.3. The summed E-state index contributed by atoms with van der Waals surface area (Å²) >= 11 is 0. The highest BCUT2D eigenvalue weighted by atomic mass is 19.1. The van der Waals surface area contributed by atoms with Crippen LogP contribution in [-0.2, 0) is 36.8 Å². The van der Waals surface area contributed by atoms with Crippen LogP contribution in [0.5, 0.6) is 5.75 Å². The molecule has 0 unspecified atom stereocenters. The molecule has 3 aromatic carbocycles. The van der Waals surface area contributed by atoms with Crippen molar-refractivity contribution in [1.82, 2.24) is 21.3 Å². The maximum atomic E-state index is 14.1. The monoisotopic (exact) mass is 758 g/mol. The minimum atomic E-state index is -1.23. The van der Waals surface area contributed by atoms with E-state index in [0.717, 1.165) is 5.56 Å². The molecule has 55 heavy (non-hydrogen) atoms. The molecular formula is C40H51FN8O6. The number of nitrogens with two attached hydrogens (primary N) is 3. The van der Waals surface area contributed by atoms with Crippen molar-refractivity contribution in [2.45, 2.75) is 70.1 Å². The van der Waals surface area contributed by atoms with Crippen LogP contribution < -0.4 is 43.2 Å². The number of amides is 5. The Morgan fingerprint density at radius 1 is 0.727 bits per heavy atom. The molecular weight excluding hydrogens is 707 g/mol. The SMILES string of the molecule is COc1ccc(C[C@H](NC(=O)[C@H](Cc2ccc(F)cc2)NC(=O)/C=C/c2ccccc2)C(=O)N[C@@H](CC(C)C)C(=O)N[C@@H](CCCN=C(N)N)C(N)=O)cc1. The molecule has 0 fully saturated rings. The first kappa shape index (κ1) is 43.2. The Morgan fingerprint density at radius 2 is 1.25 bits per heavy atom. The number of nitrogens with zero attached hydrogens (tertiary/aromatic N) is 1. The smallest absolute Gasteiger partial charge is 0.244 e. The van der Waals surface area contributed by atoms with Gasteiger partial charge in [-0.1, -0.05) is 68.4 Å². The van der Waals surface area contributed by atoms with E-state index in [9.17, 15) is 28.4 Å². The standard InChI is InChI=1S/C40H51FN8O6/c1-25(2)22-32(37(52)47-31(36(42)51)10-7-21-45-40(43)44)48-39(54)34(24-28-13-18-30(55-3)19-14-28)49-38(53)33(23-27-11-16-29(41)17-12-27)46-35(50)20-15-26-8-5-4-6-9-26/h4-6,8-9,11-20,25,31-34H,7,10,21-24H2,1-3H3,(H2,42,51)(H,46,50)(H,47,52)(H,48,54)(H,49,53)(H4,43,44,45)/b20-15+/t31-,32-,33-,34-/m0/s1. The first-order chi connectivity index (χ1) is 26.2. The molecule has 0 spiro atoms. The number of ether oxygens (including phenoxy) is 1. The molecule has 3 rings (SSSR count). The fourth-order valence-electron chi connectivity index (χ4n) is 5.54. The number of aliphatic imine (C=N–C) groups is 1. The van der Waals surface area contributed by atoms with Gasteiger partial charge in [-0.15, -0.1) is 0 Å². The van der Waals surface area contributed by atoms with Crippen LogP contribution in [-0.4, -0.2) is 73.3 Å². The second kappa shape index (κ2) is 22.1. The van der Waals surface area contributed by atoms with Gasteiger partial charge in [-0.2, -0.15) is 0 Å². The van der Waals surface area contributed by atoms with Gasteiger partial charge in [-0.3, -0.25) is 29.0 Å². The van der Waals surface area contributed by atoms with E-state index in [1.165, 1.54) is 37.5 Å². The lowest BCUT2D eigenvalue weighted by Gasteiger charge is -2.27. The van der Waals surface area contributed by atoms with Crippen LogP contribution in [0.4, 0.5) is 4.39 Å². The minimum absolute atomic E-state index is 0.00257. The van der Waals surface area contributed by atoms with E-state index in [1.54, 1.807) is 30.3 Å². The van der Waals surface area contributed by atoms with Crippen LogP contribution in [0.3, 0.4) is 0 Å². The number of halogens is 1. The summed E-state index contributed by atoms with van der Waals surface area (Å²) in [4.78, 5) is 70.9. The van der Waals surface area contributed by atoms with Gasteiger partial charge in [0.2, 0.25) is 29.5 Å². The maximum absolute atomic E-state index is 14.1. The molecule has 0 bridgehead atoms. The summed E-state index contributed by atoms with van der Waals surface area (Å²) in [6, 6.07) is 16.9. The van der Waals surface area contributed by atoms with Crippen molar-refractivity contribution < 1.29 is 33.1 Å². The van der Waals surface area contributed by atoms with E-state index < -0.39 is 59.5 Å². The van der Waals surface area contributed by atoms with Crippen molar-refractivity contribution in [2.24, 2.45) is 28.1 Å². The summed E-state index contributed by atoms with van der Waals surface area (Å²) < 4.78 is 19.0. The van der Waals surface area contributed by atoms with E-state index in [2.05, 4.69) is 26.3 Å². The van der Waals surface area contributed by atoms with E-state index in [1.807, 2.05) is 44.2 Å². The molecule has 3 aromatic rings. The van der Waals surface area contributed by atoms with Gasteiger partial charge >= 0.3 is 0 Å². The van der Waals surface area contributed by atoms with Gasteiger partial charge in [0.1, 0.15) is 35.7 Å². The van der Waals surface area contributed by atoms with Gasteiger partial charge in [0.05, 0.1) is 7.11 Å². The van der Waals surface area contributed by atoms with Gasteiger partial charge in [0.25, 0.3) is 0 Å². The van der Waals surface area contributed by atoms with Crippen molar-refractivity contribution in [3.8, 4) is 5.75 Å². The number of nitrogens with one attached hydrogen (secondary N) is 4. The van der Waals surface area contributed by atoms with Gasteiger partial charge in [0, 0.05) is 25.5 Å². The number of primary amides is 1. The summed E-state index contributed by atoms with van der Waals surface area (Å²) in [5.74, 6) is -3.45. The molecule has 14 nitrogen and oxygen atoms in total. The van der Waals surface area contributed by atoms with E-state index in [4.69, 9.17) is 21.9 Å². The van der Waals surface area contributed by atoms with Crippen molar-refractivity contribution in [3.63, 3.8) is 0 Å². The third kappa shape index (κ3) is 15.7. The van der Waals surface area contributed by atoms with E-state index in [-0.39, 0.29) is 44.1 Å². The Labute approximate surface area is 320 Å². The highest BCUT2D eigenvalue weighted by molar-refractivity contribution is 5.98. The summed E-state index contributed by atoms with van der Waals surface area (Å²) in [5, 5.41) is 10.9. The Morgan fingerprint density at radius 3 is 1.80 bits per heavy atom. The highest BCUT2D eigenvalue weighted by Gasteiger charge is 2.31. The third-order valence-corrected chi connectivity index (χ3v) is 8.39. The molecule has 0 saturated heterocycles. The molecule has 0 heterocycles. The molecule has 5 amide bonds. The zero-order valence-electron chi connectivity index (χ0n) is 31.3. The molecule has 15 heteroatoms. The maximum Gasteiger partial charge on any atom is 0.244 e. The molecule has 0 saturated carbocycles. The fraction of sp³-hybridized carbons (Fsp3) is 0.350. The lowest BCUT2D eigenvalue weighted by Crippen LogP contribution is -2.59. The quantitative estimate of drug-likeness (QED) is 0.0366. The van der Waals surface area contributed by atoms with Crippen molar-refractivity contribution in [2.75, 3.05) is 13.7 Å². The van der Waals surface area contributed by atoms with Crippen molar-refractivity contribution in [1.29, 1.82) is 0 Å². The number of hydrogen-bond donors (Lipinski definition) is 7. The van der Waals surface area contributed by atoms with Gasteiger partial charge in [-0.05, 0) is 72.2 Å². The van der Waals surface area contributed by atoms with Crippen LogP contribution in [0, 0.1) is 11.7 Å². The van der Waals surface area contributed by atoms with E-state index >= 15 is 0 Å². The van der Waals surface area contributed by atoms with E-state index in [0.29, 0.717) is 23.3 Å². The van der Waals surface area contributed by atoms with Crippen molar-refractivity contribution >= 4 is 41.6 Å². The number of carbonyl (C=O) groups excluding carboxylic acids is 5. The molecule has 4 atom stereocenters. The van der Waals surface area contributed by atoms with Crippen LogP contribution in [0.2, 0.25) is 0 Å². The molecule has 10 N–H and O–H groups in total. The normalized spacial score (nSPS) is 13.2. The molecule has 0 aliphatic heterocycles. The number of hydrogen-bond acceptors (Lipinski definition) is 7. The average Bonchev–Trinajstić information content (AvgIpc) is 3.15. The average molecular weight is 759 g/mol. The van der Waals surface area contributed by atoms with Crippen LogP contribution in [0.1, 0.15) is 49.8 Å². The number of benzene rings is 3. The zero-order chi connectivity index (χ0) is 40.3. The molecule has 294 valence electrons. The Bertz CT molecular complexity index is 1780. The van der Waals surface area contributed by atoms with Crippen LogP contribution in [0.25, 0.3) is 6.08 Å². The number of methoxy groups -OCH3 is 1. The fourth-order valence-corrected chi connectivity index (χ4v) is 5.54. The Balaban J connectivity index is 1.89. The lowest BCUT2D eigenvalue weighted by molar-refractivity contribution is -0.134. The second-order valence-electron chi connectivity index (χ2n) is 13.4. The zero-order valence-corrected chi connectivity index (χ0v) is 31.3. The predicted octanol–water partition coefficient (Wildman–Crippen LogP) is 1.86. The van der Waals surface area contributed by atoms with Gasteiger partial charge < -0.3 is 43.2 Å². The van der Waals surface area contributed by atoms with Crippen LogP contribution in [0.15, 0.2) is 89.9 Å². The topological polar surface area (TPSA) is 233 Å². The Kier molecular flexibility index (Phi) is 17.3. The highest BCUT2D eigenvalue weighted by Crippen LogP contribution is 2.15. The molecule has 0 radical (unpaired) electrons. The second-order valence-corrected chi connectivity index (χ2v) is 13.4. The summed E-state index contributed by atoms with van der Waals surface area (Å²) in [6.07, 6.45) is 3.54. The van der Waals surface area contributed by atoms with Gasteiger partial charge in [-0.25, -0.2) is 4.39 Å². The lowest BCUT2D eigenvalue weighted by atomic mass is 9.99. The number of rotatable bonds is 21. The Hall–Kier alpha value is -6.25. The minimum Gasteiger partial charge on any atom is -0.497 e. The molecule has 0 aliphatic rings. The largest absolute Gasteiger partial charge is 0.497 e. The number of guanidine groups is 1. The van der Waals surface area contributed by atoms with Crippen LogP contribution >= 0.6 is 0 Å². The first-order valence-electron chi connectivity index (χ1n) is 17.9. The third-order valence-electron chi connectivity index (χ3n) is 8.39. The molecule has 0 aromatic heterocycles. The predicted molar refractivity (Wildman–Crippen MR) is 209 cm³/mol. The van der Waals surface area contributed by atoms with Crippen molar-refractivity contribution in [3.05, 3.63) is 107 Å². The first-order valence-corrected chi connectivity index (χ1v) is 17.9.